The van der Waals surface area contributed by atoms with Crippen LogP contribution in [-0.2, 0) is 16.0 Å². The highest BCUT2D eigenvalue weighted by atomic mass is 16.5. The number of aromatic nitrogens is 1. The van der Waals surface area contributed by atoms with Gasteiger partial charge in [0.05, 0.1) is 20.1 Å². The van der Waals surface area contributed by atoms with Gasteiger partial charge in [-0.1, -0.05) is 0 Å². The van der Waals surface area contributed by atoms with E-state index >= 15 is 0 Å². The Hall–Kier alpha value is -2.15. The molecule has 7 nitrogen and oxygen atoms in total. The molecule has 3 heterocycles. The Bertz CT molecular complexity index is 664. The van der Waals surface area contributed by atoms with Crippen LogP contribution in [0.1, 0.15) is 12.0 Å². The third-order valence-electron chi connectivity index (χ3n) is 5.54. The molecule has 3 fully saturated rings. The molecule has 2 amide bonds. The SMILES string of the molecule is COc1cc(CC(=O)NC2[C@H]3CN(CC(=O)N4CCC4)C[C@@H]23)ccn1. The number of amides is 2. The highest BCUT2D eigenvalue weighted by Crippen LogP contribution is 2.45. The maximum atomic E-state index is 12.2. The van der Waals surface area contributed by atoms with Crippen LogP contribution in [0.4, 0.5) is 0 Å². The zero-order chi connectivity index (χ0) is 17.4. The molecule has 3 aliphatic rings. The number of fused-ring (bicyclic) bond motifs is 1. The molecule has 0 aromatic carbocycles. The van der Waals surface area contributed by atoms with E-state index in [9.17, 15) is 9.59 Å². The van der Waals surface area contributed by atoms with E-state index in [1.807, 2.05) is 11.0 Å². The van der Waals surface area contributed by atoms with Crippen molar-refractivity contribution in [3.8, 4) is 5.88 Å². The first-order chi connectivity index (χ1) is 12.1. The van der Waals surface area contributed by atoms with Crippen molar-refractivity contribution in [3.63, 3.8) is 0 Å². The summed E-state index contributed by atoms with van der Waals surface area (Å²) < 4.78 is 5.08. The summed E-state index contributed by atoms with van der Waals surface area (Å²) in [5.41, 5.74) is 0.900. The smallest absolute Gasteiger partial charge is 0.236 e. The Morgan fingerprint density at radius 1 is 1.32 bits per heavy atom. The molecular formula is C18H24N4O3. The van der Waals surface area contributed by atoms with Gasteiger partial charge in [-0.2, -0.15) is 0 Å². The van der Waals surface area contributed by atoms with Crippen molar-refractivity contribution >= 4 is 11.8 Å². The Morgan fingerprint density at radius 2 is 2.08 bits per heavy atom. The minimum absolute atomic E-state index is 0.0378. The number of piperidine rings is 1. The van der Waals surface area contributed by atoms with Gasteiger partial charge in [0.25, 0.3) is 0 Å². The summed E-state index contributed by atoms with van der Waals surface area (Å²) in [6.07, 6.45) is 3.13. The van der Waals surface area contributed by atoms with E-state index in [1.54, 1.807) is 19.4 Å². The molecule has 1 saturated carbocycles. The average Bonchev–Trinajstić information content (AvgIpc) is 2.98. The number of pyridine rings is 1. The average molecular weight is 344 g/mol. The third kappa shape index (κ3) is 3.46. The van der Waals surface area contributed by atoms with Gasteiger partial charge in [-0.15, -0.1) is 0 Å². The van der Waals surface area contributed by atoms with Gasteiger partial charge in [-0.05, 0) is 29.9 Å². The van der Waals surface area contributed by atoms with Crippen LogP contribution >= 0.6 is 0 Å². The number of carbonyl (C=O) groups excluding carboxylic acids is 2. The molecule has 0 radical (unpaired) electrons. The van der Waals surface area contributed by atoms with Gasteiger partial charge >= 0.3 is 0 Å². The van der Waals surface area contributed by atoms with E-state index < -0.39 is 0 Å². The summed E-state index contributed by atoms with van der Waals surface area (Å²) in [7, 11) is 1.57. The molecule has 7 heteroatoms. The van der Waals surface area contributed by atoms with E-state index in [1.165, 1.54) is 0 Å². The van der Waals surface area contributed by atoms with Crippen molar-refractivity contribution in [1.82, 2.24) is 20.1 Å². The minimum Gasteiger partial charge on any atom is -0.481 e. The lowest BCUT2D eigenvalue weighted by atomic mass is 10.2. The van der Waals surface area contributed by atoms with Crippen LogP contribution in [0.15, 0.2) is 18.3 Å². The predicted molar refractivity (Wildman–Crippen MR) is 91.0 cm³/mol. The van der Waals surface area contributed by atoms with Crippen LogP contribution in [0.2, 0.25) is 0 Å². The van der Waals surface area contributed by atoms with Crippen molar-refractivity contribution in [3.05, 3.63) is 23.9 Å². The summed E-state index contributed by atoms with van der Waals surface area (Å²) in [4.78, 5) is 32.5. The van der Waals surface area contributed by atoms with E-state index in [-0.39, 0.29) is 17.9 Å². The lowest BCUT2D eigenvalue weighted by Gasteiger charge is -2.32. The second-order valence-electron chi connectivity index (χ2n) is 7.23. The van der Waals surface area contributed by atoms with Crippen LogP contribution in [0.5, 0.6) is 5.88 Å². The van der Waals surface area contributed by atoms with Gasteiger partial charge in [0, 0.05) is 44.5 Å². The van der Waals surface area contributed by atoms with Gasteiger partial charge in [0.1, 0.15) is 0 Å². The molecule has 2 saturated heterocycles. The third-order valence-corrected chi connectivity index (χ3v) is 5.54. The number of carbonyl (C=O) groups is 2. The van der Waals surface area contributed by atoms with Crippen LogP contribution in [0.3, 0.4) is 0 Å². The largest absolute Gasteiger partial charge is 0.481 e. The second-order valence-corrected chi connectivity index (χ2v) is 7.23. The standard InChI is InChI=1S/C18H24N4O3/c1-25-16-8-12(3-4-19-16)7-15(23)20-18-13-9-21(10-14(13)18)11-17(24)22-5-2-6-22/h3-4,8,13-14,18H,2,5-7,9-11H2,1H3,(H,20,23)/t13-,14+,18?. The number of methoxy groups -OCH3 is 1. The summed E-state index contributed by atoms with van der Waals surface area (Å²) >= 11 is 0. The van der Waals surface area contributed by atoms with Gasteiger partial charge in [0.15, 0.2) is 0 Å². The fourth-order valence-electron chi connectivity index (χ4n) is 3.91. The molecule has 1 aromatic rings. The molecule has 1 unspecified atom stereocenters. The number of hydrogen-bond donors (Lipinski definition) is 1. The van der Waals surface area contributed by atoms with E-state index in [4.69, 9.17) is 4.74 Å². The van der Waals surface area contributed by atoms with Gasteiger partial charge in [-0.3, -0.25) is 14.5 Å². The van der Waals surface area contributed by atoms with Crippen molar-refractivity contribution in [2.45, 2.75) is 18.9 Å². The summed E-state index contributed by atoms with van der Waals surface area (Å²) in [5, 5.41) is 3.14. The molecule has 3 atom stereocenters. The topological polar surface area (TPSA) is 74.8 Å². The molecule has 0 bridgehead atoms. The number of nitrogens with one attached hydrogen (secondary N) is 1. The predicted octanol–water partition coefficient (Wildman–Crippen LogP) is -0.0886. The van der Waals surface area contributed by atoms with Crippen molar-refractivity contribution < 1.29 is 14.3 Å². The highest BCUT2D eigenvalue weighted by Gasteiger charge is 2.56. The Morgan fingerprint density at radius 3 is 2.72 bits per heavy atom. The molecule has 2 aliphatic heterocycles. The Kier molecular flexibility index (Phi) is 4.33. The van der Waals surface area contributed by atoms with Crippen LogP contribution in [-0.4, -0.2) is 72.5 Å². The van der Waals surface area contributed by atoms with E-state index in [0.717, 1.165) is 38.2 Å². The lowest BCUT2D eigenvalue weighted by Crippen LogP contribution is -2.47. The first-order valence-corrected chi connectivity index (χ1v) is 8.92. The van der Waals surface area contributed by atoms with Crippen LogP contribution in [0.25, 0.3) is 0 Å². The molecule has 4 rings (SSSR count). The minimum atomic E-state index is 0.0378. The van der Waals surface area contributed by atoms with Crippen molar-refractivity contribution in [2.75, 3.05) is 39.8 Å². The van der Waals surface area contributed by atoms with Crippen LogP contribution in [0, 0.1) is 11.8 Å². The summed E-state index contributed by atoms with van der Waals surface area (Å²) in [5.74, 6) is 1.81. The molecule has 0 spiro atoms. The molecular weight excluding hydrogens is 320 g/mol. The molecule has 1 N–H and O–H groups in total. The second kappa shape index (κ2) is 6.63. The monoisotopic (exact) mass is 344 g/mol. The Balaban J connectivity index is 1.21. The number of likely N-dealkylation sites (tertiary alicyclic amines) is 2. The normalized spacial score (nSPS) is 27.4. The molecule has 1 aliphatic carbocycles. The van der Waals surface area contributed by atoms with Crippen LogP contribution < -0.4 is 10.1 Å². The van der Waals surface area contributed by atoms with Gasteiger partial charge in [-0.25, -0.2) is 4.98 Å². The maximum Gasteiger partial charge on any atom is 0.236 e. The summed E-state index contributed by atoms with van der Waals surface area (Å²) in [6.45, 7) is 4.19. The van der Waals surface area contributed by atoms with Crippen molar-refractivity contribution in [2.24, 2.45) is 11.8 Å². The fourth-order valence-corrected chi connectivity index (χ4v) is 3.91. The zero-order valence-electron chi connectivity index (χ0n) is 14.5. The number of hydrogen-bond acceptors (Lipinski definition) is 5. The zero-order valence-corrected chi connectivity index (χ0v) is 14.5. The summed E-state index contributed by atoms with van der Waals surface area (Å²) in [6, 6.07) is 3.89. The van der Waals surface area contributed by atoms with E-state index in [0.29, 0.717) is 30.7 Å². The Labute approximate surface area is 147 Å². The molecule has 134 valence electrons. The van der Waals surface area contributed by atoms with Crippen molar-refractivity contribution in [1.29, 1.82) is 0 Å². The number of rotatable bonds is 6. The highest BCUT2D eigenvalue weighted by molar-refractivity contribution is 5.80. The first-order valence-electron chi connectivity index (χ1n) is 8.92. The molecule has 1 aromatic heterocycles. The van der Waals surface area contributed by atoms with Gasteiger partial charge in [0.2, 0.25) is 17.7 Å². The van der Waals surface area contributed by atoms with Gasteiger partial charge < -0.3 is 15.0 Å². The van der Waals surface area contributed by atoms with E-state index in [2.05, 4.69) is 15.2 Å². The number of ether oxygens (including phenoxy) is 1. The molecule has 25 heavy (non-hydrogen) atoms. The first kappa shape index (κ1) is 16.3. The quantitative estimate of drug-likeness (QED) is 0.781. The lowest BCUT2D eigenvalue weighted by molar-refractivity contribution is -0.135. The fraction of sp³-hybridized carbons (Fsp3) is 0.611. The number of nitrogens with zero attached hydrogens (tertiary/aromatic N) is 3. The maximum absolute atomic E-state index is 12.2.